The molecule has 0 bridgehead atoms. The van der Waals surface area contributed by atoms with Gasteiger partial charge in [0.05, 0.1) is 18.0 Å². The van der Waals surface area contributed by atoms with Crippen molar-refractivity contribution in [1.29, 1.82) is 0 Å². The largest absolute Gasteiger partial charge is 0.408 e. The number of ether oxygens (including phenoxy) is 1. The number of sulfonamides is 1. The van der Waals surface area contributed by atoms with Crippen molar-refractivity contribution in [2.45, 2.75) is 17.1 Å². The van der Waals surface area contributed by atoms with Crippen LogP contribution >= 0.6 is 12.6 Å². The Bertz CT molecular complexity index is 601. The van der Waals surface area contributed by atoms with Crippen LogP contribution in [0, 0.1) is 12.0 Å². The number of rotatable bonds is 3. The molecule has 0 aromatic heterocycles. The SMILES string of the molecule is CC#COc1ccc(S(=O)(=O)N2CC(S)CO2)cc1. The third kappa shape index (κ3) is 3.22. The summed E-state index contributed by atoms with van der Waals surface area (Å²) in [7, 11) is -3.64. The maximum atomic E-state index is 12.2. The number of benzene rings is 1. The van der Waals surface area contributed by atoms with Crippen LogP contribution in [0.25, 0.3) is 0 Å². The summed E-state index contributed by atoms with van der Waals surface area (Å²) in [6.45, 7) is 2.18. The molecule has 1 aliphatic heterocycles. The lowest BCUT2D eigenvalue weighted by atomic mass is 10.3. The molecule has 102 valence electrons. The van der Waals surface area contributed by atoms with E-state index in [0.29, 0.717) is 5.75 Å². The molecular formula is C12H13NO4S2. The van der Waals surface area contributed by atoms with Gasteiger partial charge in [0, 0.05) is 12.2 Å². The number of thiol groups is 1. The van der Waals surface area contributed by atoms with Crippen molar-refractivity contribution in [1.82, 2.24) is 4.47 Å². The monoisotopic (exact) mass is 299 g/mol. The van der Waals surface area contributed by atoms with Crippen LogP contribution in [-0.2, 0) is 14.9 Å². The van der Waals surface area contributed by atoms with Gasteiger partial charge in [-0.15, -0.1) is 0 Å². The van der Waals surface area contributed by atoms with E-state index >= 15 is 0 Å². The summed E-state index contributed by atoms with van der Waals surface area (Å²) < 4.78 is 30.4. The number of hydrogen-bond donors (Lipinski definition) is 1. The summed E-state index contributed by atoms with van der Waals surface area (Å²) in [5, 5.41) is -0.0998. The van der Waals surface area contributed by atoms with Crippen LogP contribution in [0.15, 0.2) is 29.2 Å². The molecular weight excluding hydrogens is 286 g/mol. The highest BCUT2D eigenvalue weighted by Gasteiger charge is 2.32. The molecule has 0 spiro atoms. The fourth-order valence-corrected chi connectivity index (χ4v) is 3.14. The van der Waals surface area contributed by atoms with E-state index in [-0.39, 0.29) is 23.3 Å². The second-order valence-corrected chi connectivity index (χ2v) is 6.42. The second kappa shape index (κ2) is 5.84. The van der Waals surface area contributed by atoms with Crippen molar-refractivity contribution in [2.75, 3.05) is 13.2 Å². The van der Waals surface area contributed by atoms with Gasteiger partial charge in [-0.25, -0.2) is 8.42 Å². The zero-order valence-corrected chi connectivity index (χ0v) is 11.9. The number of hydrogen-bond acceptors (Lipinski definition) is 5. The van der Waals surface area contributed by atoms with Crippen LogP contribution in [0.5, 0.6) is 5.75 Å². The highest BCUT2D eigenvalue weighted by atomic mass is 32.2. The van der Waals surface area contributed by atoms with E-state index in [0.717, 1.165) is 4.47 Å². The summed E-state index contributed by atoms with van der Waals surface area (Å²) in [6, 6.07) is 6.01. The predicted molar refractivity (Wildman–Crippen MR) is 73.1 cm³/mol. The first-order valence-corrected chi connectivity index (χ1v) is 7.52. The molecule has 19 heavy (non-hydrogen) atoms. The molecule has 5 nitrogen and oxygen atoms in total. The zero-order chi connectivity index (χ0) is 13.9. The van der Waals surface area contributed by atoms with E-state index in [9.17, 15) is 8.42 Å². The maximum absolute atomic E-state index is 12.2. The smallest absolute Gasteiger partial charge is 0.265 e. The Kier molecular flexibility index (Phi) is 4.37. The Morgan fingerprint density at radius 1 is 1.42 bits per heavy atom. The summed E-state index contributed by atoms with van der Waals surface area (Å²) in [4.78, 5) is 5.24. The lowest BCUT2D eigenvalue weighted by molar-refractivity contribution is -0.0283. The van der Waals surface area contributed by atoms with E-state index < -0.39 is 10.0 Å². The predicted octanol–water partition coefficient (Wildman–Crippen LogP) is 1.28. The van der Waals surface area contributed by atoms with Gasteiger partial charge < -0.3 is 4.74 Å². The topological polar surface area (TPSA) is 55.8 Å². The van der Waals surface area contributed by atoms with Crippen LogP contribution in [0.1, 0.15) is 6.92 Å². The Morgan fingerprint density at radius 3 is 2.63 bits per heavy atom. The third-order valence-corrected chi connectivity index (χ3v) is 4.40. The minimum Gasteiger partial charge on any atom is -0.408 e. The first-order chi connectivity index (χ1) is 9.04. The van der Waals surface area contributed by atoms with E-state index in [1.165, 1.54) is 12.1 Å². The van der Waals surface area contributed by atoms with Gasteiger partial charge >= 0.3 is 0 Å². The molecule has 2 rings (SSSR count). The van der Waals surface area contributed by atoms with E-state index in [1.54, 1.807) is 19.1 Å². The highest BCUT2D eigenvalue weighted by Crippen LogP contribution is 2.23. The van der Waals surface area contributed by atoms with Crippen LogP contribution in [0.2, 0.25) is 0 Å². The number of nitrogens with zero attached hydrogens (tertiary/aromatic N) is 1. The summed E-state index contributed by atoms with van der Waals surface area (Å²) >= 11 is 4.18. The maximum Gasteiger partial charge on any atom is 0.265 e. The zero-order valence-electron chi connectivity index (χ0n) is 10.2. The second-order valence-electron chi connectivity index (χ2n) is 3.87. The molecule has 1 aromatic carbocycles. The minimum absolute atomic E-state index is 0.0998. The molecule has 0 saturated carbocycles. The molecule has 1 aromatic rings. The van der Waals surface area contributed by atoms with Crippen molar-refractivity contribution in [3.05, 3.63) is 24.3 Å². The quantitative estimate of drug-likeness (QED) is 0.675. The molecule has 1 atom stereocenters. The fourth-order valence-electron chi connectivity index (χ4n) is 1.52. The van der Waals surface area contributed by atoms with Crippen LogP contribution in [0.3, 0.4) is 0 Å². The van der Waals surface area contributed by atoms with Crippen LogP contribution in [0.4, 0.5) is 0 Å². The van der Waals surface area contributed by atoms with Gasteiger partial charge in [-0.1, -0.05) is 10.4 Å². The van der Waals surface area contributed by atoms with E-state index in [1.807, 2.05) is 0 Å². The van der Waals surface area contributed by atoms with Crippen molar-refractivity contribution >= 4 is 22.7 Å². The molecule has 7 heteroatoms. The molecule has 0 radical (unpaired) electrons. The molecule has 1 heterocycles. The summed E-state index contributed by atoms with van der Waals surface area (Å²) in [5.74, 6) is 3.07. The van der Waals surface area contributed by atoms with E-state index in [2.05, 4.69) is 24.7 Å². The Hall–Kier alpha value is -1.20. The summed E-state index contributed by atoms with van der Waals surface area (Å²) in [6.07, 6.45) is 2.44. The van der Waals surface area contributed by atoms with Crippen LogP contribution in [-0.4, -0.2) is 31.3 Å². The molecule has 0 aliphatic carbocycles. The highest BCUT2D eigenvalue weighted by molar-refractivity contribution is 7.89. The van der Waals surface area contributed by atoms with Crippen LogP contribution < -0.4 is 4.74 Å². The standard InChI is InChI=1S/C12H13NO4S2/c1-2-7-16-10-3-5-12(6-4-10)19(14,15)13-8-11(18)9-17-13/h3-6,11,18H,8-9H2,1H3. The molecule has 1 fully saturated rings. The molecule has 0 amide bonds. The average Bonchev–Trinajstić information content (AvgIpc) is 2.84. The third-order valence-electron chi connectivity index (χ3n) is 2.43. The Balaban J connectivity index is 2.18. The van der Waals surface area contributed by atoms with Gasteiger partial charge in [-0.2, -0.15) is 12.6 Å². The van der Waals surface area contributed by atoms with Gasteiger partial charge in [0.2, 0.25) is 0 Å². The molecule has 1 unspecified atom stereocenters. The van der Waals surface area contributed by atoms with Crippen molar-refractivity contribution in [3.8, 4) is 17.8 Å². The lowest BCUT2D eigenvalue weighted by Gasteiger charge is -2.14. The normalized spacial score (nSPS) is 19.8. The van der Waals surface area contributed by atoms with Crippen molar-refractivity contribution < 1.29 is 18.0 Å². The van der Waals surface area contributed by atoms with E-state index in [4.69, 9.17) is 9.57 Å². The molecule has 1 saturated heterocycles. The first-order valence-electron chi connectivity index (χ1n) is 5.56. The average molecular weight is 299 g/mol. The Morgan fingerprint density at radius 2 is 2.11 bits per heavy atom. The van der Waals surface area contributed by atoms with Gasteiger partial charge in [0.25, 0.3) is 10.0 Å². The number of hydroxylamine groups is 1. The van der Waals surface area contributed by atoms with Gasteiger partial charge in [0.1, 0.15) is 11.9 Å². The first kappa shape index (κ1) is 14.2. The lowest BCUT2D eigenvalue weighted by Crippen LogP contribution is -2.27. The Labute approximate surface area is 117 Å². The summed E-state index contributed by atoms with van der Waals surface area (Å²) in [5.41, 5.74) is 0. The minimum atomic E-state index is -3.64. The van der Waals surface area contributed by atoms with Crippen molar-refractivity contribution in [3.63, 3.8) is 0 Å². The van der Waals surface area contributed by atoms with Gasteiger partial charge in [0.15, 0.2) is 0 Å². The van der Waals surface area contributed by atoms with Gasteiger partial charge in [-0.3, -0.25) is 4.84 Å². The van der Waals surface area contributed by atoms with Gasteiger partial charge in [-0.05, 0) is 24.3 Å². The molecule has 1 aliphatic rings. The molecule has 0 N–H and O–H groups in total. The fraction of sp³-hybridized carbons (Fsp3) is 0.333. The van der Waals surface area contributed by atoms with Crippen molar-refractivity contribution in [2.24, 2.45) is 0 Å².